The van der Waals surface area contributed by atoms with Crippen LogP contribution in [0.1, 0.15) is 18.4 Å². The molecule has 0 aromatic carbocycles. The van der Waals surface area contributed by atoms with Crippen LogP contribution in [0, 0.1) is 0 Å². The molecule has 0 saturated carbocycles. The van der Waals surface area contributed by atoms with Crippen LogP contribution < -0.4 is 4.72 Å². The zero-order chi connectivity index (χ0) is 16.2. The average Bonchev–Trinajstić information content (AvgIpc) is 2.93. The van der Waals surface area contributed by atoms with Crippen molar-refractivity contribution < 1.29 is 4.21 Å². The summed E-state index contributed by atoms with van der Waals surface area (Å²) in [4.78, 5) is 8.21. The Labute approximate surface area is 150 Å². The lowest BCUT2D eigenvalue weighted by molar-refractivity contribution is 0.674. The summed E-state index contributed by atoms with van der Waals surface area (Å²) in [6.45, 7) is 0.508. The van der Waals surface area contributed by atoms with Gasteiger partial charge in [0.25, 0.3) is 0 Å². The number of nitrogens with one attached hydrogen (secondary N) is 2. The lowest BCUT2D eigenvalue weighted by Gasteiger charge is -2.10. The van der Waals surface area contributed by atoms with Gasteiger partial charge in [0.1, 0.15) is 16.6 Å². The molecule has 2 aromatic rings. The third-order valence-electron chi connectivity index (χ3n) is 3.47. The van der Waals surface area contributed by atoms with Crippen molar-refractivity contribution in [3.05, 3.63) is 62.7 Å². The second kappa shape index (κ2) is 7.57. The van der Waals surface area contributed by atoms with Gasteiger partial charge in [-0.3, -0.25) is 0 Å². The molecule has 0 amide bonds. The largest absolute Gasteiger partial charge is 0.346 e. The van der Waals surface area contributed by atoms with Crippen LogP contribution in [0.4, 0.5) is 0 Å². The molecule has 0 bridgehead atoms. The van der Waals surface area contributed by atoms with E-state index in [9.17, 15) is 4.21 Å². The van der Waals surface area contributed by atoms with Crippen LogP contribution in [-0.4, -0.2) is 14.2 Å². The smallest absolute Gasteiger partial charge is 0.137 e. The zero-order valence-electron chi connectivity index (χ0n) is 12.2. The van der Waals surface area contributed by atoms with Crippen LogP contribution in [0.15, 0.2) is 57.2 Å². The highest BCUT2D eigenvalue weighted by atomic mass is 79.9. The van der Waals surface area contributed by atoms with Gasteiger partial charge in [-0.25, -0.2) is 13.9 Å². The topological polar surface area (TPSA) is 57.8 Å². The van der Waals surface area contributed by atoms with Gasteiger partial charge in [-0.2, -0.15) is 0 Å². The first-order valence-corrected chi connectivity index (χ1v) is 9.45. The van der Waals surface area contributed by atoms with Gasteiger partial charge >= 0.3 is 0 Å². The van der Waals surface area contributed by atoms with Crippen LogP contribution >= 0.6 is 27.5 Å². The van der Waals surface area contributed by atoms with Crippen molar-refractivity contribution in [1.29, 1.82) is 0 Å². The monoisotopic (exact) mass is 411 g/mol. The first-order valence-electron chi connectivity index (χ1n) is 7.13. The Kier molecular flexibility index (Phi) is 5.48. The number of aromatic amines is 1. The number of rotatable bonds is 4. The Morgan fingerprint density at radius 1 is 1.43 bits per heavy atom. The molecule has 2 N–H and O–H groups in total. The van der Waals surface area contributed by atoms with Gasteiger partial charge in [0, 0.05) is 38.7 Å². The molecule has 0 radical (unpaired) electrons. The first kappa shape index (κ1) is 16.6. The highest BCUT2D eigenvalue weighted by molar-refractivity contribution is 9.11. The van der Waals surface area contributed by atoms with Crippen LogP contribution in [0.3, 0.4) is 0 Å². The predicted octanol–water partition coefficient (Wildman–Crippen LogP) is 4.40. The molecule has 1 aliphatic carbocycles. The van der Waals surface area contributed by atoms with Gasteiger partial charge in [0.15, 0.2) is 0 Å². The molecule has 120 valence electrons. The maximum Gasteiger partial charge on any atom is 0.137 e. The molecule has 3 rings (SSSR count). The summed E-state index contributed by atoms with van der Waals surface area (Å²) in [6, 6.07) is 3.89. The normalized spacial score (nSPS) is 23.8. The summed E-state index contributed by atoms with van der Waals surface area (Å²) >= 11 is 9.45. The van der Waals surface area contributed by atoms with Crippen LogP contribution in [0.2, 0.25) is 0 Å². The molecule has 1 aliphatic rings. The van der Waals surface area contributed by atoms with E-state index in [2.05, 4.69) is 30.6 Å². The number of halogens is 2. The van der Waals surface area contributed by atoms with Gasteiger partial charge < -0.3 is 4.98 Å². The minimum Gasteiger partial charge on any atom is -0.346 e. The van der Waals surface area contributed by atoms with Gasteiger partial charge in [-0.15, -0.1) is 0 Å². The maximum absolute atomic E-state index is 12.5. The van der Waals surface area contributed by atoms with Crippen molar-refractivity contribution in [2.45, 2.75) is 19.4 Å². The molecule has 4 nitrogen and oxygen atoms in total. The van der Waals surface area contributed by atoms with Crippen LogP contribution in [-0.2, 0) is 17.5 Å². The minimum absolute atomic E-state index is 0.508. The first-order chi connectivity index (χ1) is 11.1. The second-order valence-electron chi connectivity index (χ2n) is 5.07. The highest BCUT2D eigenvalue weighted by Crippen LogP contribution is 2.23. The molecule has 2 aromatic heterocycles. The van der Waals surface area contributed by atoms with Crippen LogP contribution in [0.5, 0.6) is 0 Å². The van der Waals surface area contributed by atoms with E-state index in [1.807, 2.05) is 36.6 Å². The van der Waals surface area contributed by atoms with E-state index in [-0.39, 0.29) is 0 Å². The van der Waals surface area contributed by atoms with Gasteiger partial charge in [0.2, 0.25) is 0 Å². The van der Waals surface area contributed by atoms with E-state index in [0.29, 0.717) is 18.0 Å². The maximum atomic E-state index is 12.5. The molecule has 2 heterocycles. The molecule has 0 aliphatic heterocycles. The number of nitrogens with zero attached hydrogens (tertiary/aromatic N) is 1. The Hall–Kier alpha value is -1.21. The fourth-order valence-corrected chi connectivity index (χ4v) is 4.39. The second-order valence-corrected chi connectivity index (χ2v) is 7.77. The van der Waals surface area contributed by atoms with E-state index in [1.54, 1.807) is 6.20 Å². The van der Waals surface area contributed by atoms with E-state index in [1.165, 1.54) is 0 Å². The van der Waals surface area contributed by atoms with Gasteiger partial charge in [-0.05, 0) is 42.7 Å². The van der Waals surface area contributed by atoms with Gasteiger partial charge in [-0.1, -0.05) is 33.6 Å². The molecule has 0 saturated heterocycles. The standard InChI is InChI=1S/C16H15BrClN3OS/c17-12-7-13(18)3-1-4-14(8-12)23(22)21-10-11-9-20-16-15(11)5-2-6-19-16/h2-3,5-9,21H,1,4,10H2,(H,19,20)/b12-7+,13-3+,14-8+. The minimum atomic E-state index is -1.25. The number of allylic oxidation sites excluding steroid dienone is 6. The molecular weight excluding hydrogens is 398 g/mol. The molecule has 0 fully saturated rings. The summed E-state index contributed by atoms with van der Waals surface area (Å²) in [7, 11) is -1.25. The molecule has 7 heteroatoms. The quantitative estimate of drug-likeness (QED) is 0.782. The Balaban J connectivity index is 1.71. The van der Waals surface area contributed by atoms with E-state index in [0.717, 1.165) is 32.4 Å². The fraction of sp³-hybridized carbons (Fsp3) is 0.188. The summed E-state index contributed by atoms with van der Waals surface area (Å²) < 4.78 is 16.4. The SMILES string of the molecule is O=S(NCc1c[nH]c2ncccc12)/C1=C/C(Br)=C\C(Cl)=C/CC1. The summed E-state index contributed by atoms with van der Waals surface area (Å²) in [5.41, 5.74) is 1.89. The van der Waals surface area contributed by atoms with Crippen molar-refractivity contribution in [3.8, 4) is 0 Å². The van der Waals surface area contributed by atoms with Crippen LogP contribution in [0.25, 0.3) is 11.0 Å². The summed E-state index contributed by atoms with van der Waals surface area (Å²) in [5.74, 6) is 0. The highest BCUT2D eigenvalue weighted by Gasteiger charge is 2.11. The number of hydrogen-bond acceptors (Lipinski definition) is 2. The molecule has 23 heavy (non-hydrogen) atoms. The lowest BCUT2D eigenvalue weighted by atomic mass is 10.2. The summed E-state index contributed by atoms with van der Waals surface area (Å²) in [5, 5.41) is 1.73. The Morgan fingerprint density at radius 2 is 2.30 bits per heavy atom. The lowest BCUT2D eigenvalue weighted by Crippen LogP contribution is -2.18. The van der Waals surface area contributed by atoms with Crippen molar-refractivity contribution in [1.82, 2.24) is 14.7 Å². The van der Waals surface area contributed by atoms with E-state index < -0.39 is 11.0 Å². The number of fused-ring (bicyclic) bond motifs is 1. The van der Waals surface area contributed by atoms with Crippen molar-refractivity contribution in [2.24, 2.45) is 0 Å². The van der Waals surface area contributed by atoms with Crippen molar-refractivity contribution in [2.75, 3.05) is 0 Å². The van der Waals surface area contributed by atoms with E-state index >= 15 is 0 Å². The molecule has 1 unspecified atom stereocenters. The Morgan fingerprint density at radius 3 is 3.17 bits per heavy atom. The van der Waals surface area contributed by atoms with Crippen molar-refractivity contribution >= 4 is 49.5 Å². The number of hydrogen-bond donors (Lipinski definition) is 2. The summed E-state index contributed by atoms with van der Waals surface area (Å²) in [6.07, 6.45) is 10.7. The molecule has 1 atom stereocenters. The average molecular weight is 413 g/mol. The Bertz CT molecular complexity index is 841. The molecular formula is C16H15BrClN3OS. The van der Waals surface area contributed by atoms with E-state index in [4.69, 9.17) is 11.6 Å². The number of pyridine rings is 1. The molecule has 0 spiro atoms. The third kappa shape index (κ3) is 4.20. The van der Waals surface area contributed by atoms with Gasteiger partial charge in [0.05, 0.1) is 0 Å². The number of aromatic nitrogens is 2. The predicted molar refractivity (Wildman–Crippen MR) is 99.3 cm³/mol. The fourth-order valence-electron chi connectivity index (χ4n) is 2.35. The van der Waals surface area contributed by atoms with Crippen molar-refractivity contribution in [3.63, 3.8) is 0 Å². The zero-order valence-corrected chi connectivity index (χ0v) is 15.3. The third-order valence-corrected chi connectivity index (χ3v) is 5.40. The number of H-pyrrole nitrogens is 1.